The first-order valence-electron chi connectivity index (χ1n) is 7.46. The summed E-state index contributed by atoms with van der Waals surface area (Å²) in [7, 11) is 0. The molecule has 0 radical (unpaired) electrons. The molecule has 1 aromatic carbocycles. The summed E-state index contributed by atoms with van der Waals surface area (Å²) in [5.74, 6) is 0.985. The summed E-state index contributed by atoms with van der Waals surface area (Å²) >= 11 is 0. The van der Waals surface area contributed by atoms with Crippen molar-refractivity contribution in [3.63, 3.8) is 0 Å². The van der Waals surface area contributed by atoms with Gasteiger partial charge in [0.05, 0.1) is 13.2 Å². The van der Waals surface area contributed by atoms with Gasteiger partial charge in [-0.25, -0.2) is 0 Å². The molecule has 2 heterocycles. The zero-order valence-electron chi connectivity index (χ0n) is 12.7. The number of hydrogen-bond donors (Lipinski definition) is 1. The second-order valence-corrected chi connectivity index (χ2v) is 5.15. The summed E-state index contributed by atoms with van der Waals surface area (Å²) in [6, 6.07) is 15.6. The number of aliphatic hydroxyl groups is 1. The molecule has 0 spiro atoms. The van der Waals surface area contributed by atoms with Crippen molar-refractivity contribution in [3.05, 3.63) is 66.2 Å². The fourth-order valence-electron chi connectivity index (χ4n) is 2.31. The first kappa shape index (κ1) is 15.3. The maximum Gasteiger partial charge on any atom is 0.241 e. The van der Waals surface area contributed by atoms with Gasteiger partial charge in [-0.1, -0.05) is 41.6 Å². The van der Waals surface area contributed by atoms with E-state index < -0.39 is 0 Å². The number of pyridine rings is 1. The van der Waals surface area contributed by atoms with Crippen LogP contribution in [-0.4, -0.2) is 38.3 Å². The average Bonchev–Trinajstić information content (AvgIpc) is 3.05. The lowest BCUT2D eigenvalue weighted by Gasteiger charge is -2.19. The molecule has 0 atom stereocenters. The lowest BCUT2D eigenvalue weighted by Crippen LogP contribution is -2.26. The molecule has 1 N–H and O–H groups in total. The Labute approximate surface area is 134 Å². The second-order valence-electron chi connectivity index (χ2n) is 5.15. The average molecular weight is 310 g/mol. The number of benzene rings is 1. The van der Waals surface area contributed by atoms with Crippen LogP contribution in [0.4, 0.5) is 0 Å². The van der Waals surface area contributed by atoms with Crippen molar-refractivity contribution >= 4 is 0 Å². The number of rotatable bonds is 7. The van der Waals surface area contributed by atoms with Crippen molar-refractivity contribution in [3.8, 4) is 11.5 Å². The van der Waals surface area contributed by atoms with E-state index in [0.29, 0.717) is 37.0 Å². The highest BCUT2D eigenvalue weighted by atomic mass is 16.5. The maximum absolute atomic E-state index is 9.26. The lowest BCUT2D eigenvalue weighted by atomic mass is 10.2. The van der Waals surface area contributed by atoms with Crippen LogP contribution in [0, 0.1) is 0 Å². The summed E-state index contributed by atoms with van der Waals surface area (Å²) in [6.45, 7) is 1.81. The first-order chi connectivity index (χ1) is 11.3. The molecule has 0 saturated carbocycles. The van der Waals surface area contributed by atoms with Crippen LogP contribution in [0.15, 0.2) is 59.3 Å². The molecule has 0 bridgehead atoms. The van der Waals surface area contributed by atoms with Gasteiger partial charge in [-0.15, -0.1) is 0 Å². The van der Waals surface area contributed by atoms with Crippen LogP contribution in [0.5, 0.6) is 0 Å². The quantitative estimate of drug-likeness (QED) is 0.720. The summed E-state index contributed by atoms with van der Waals surface area (Å²) in [4.78, 5) is 10.6. The predicted molar refractivity (Wildman–Crippen MR) is 85.2 cm³/mol. The fourth-order valence-corrected chi connectivity index (χ4v) is 2.31. The molecule has 0 aliphatic rings. The fraction of sp³-hybridized carbons (Fsp3) is 0.235. The number of aliphatic hydroxyl groups excluding tert-OH is 1. The van der Waals surface area contributed by atoms with E-state index in [1.807, 2.05) is 36.4 Å². The standard InChI is InChI=1S/C17H18N4O2/c22-11-10-21(12-14-6-2-1-3-7-14)13-16-19-17(20-23-16)15-8-4-5-9-18-15/h1-9,22H,10-13H2. The SMILES string of the molecule is OCCN(Cc1ccccc1)Cc1nc(-c2ccccn2)no1. The smallest absolute Gasteiger partial charge is 0.241 e. The van der Waals surface area contributed by atoms with Crippen molar-refractivity contribution in [1.82, 2.24) is 20.0 Å². The molecule has 0 amide bonds. The van der Waals surface area contributed by atoms with E-state index >= 15 is 0 Å². The third-order valence-electron chi connectivity index (χ3n) is 3.39. The van der Waals surface area contributed by atoms with E-state index in [1.54, 1.807) is 6.20 Å². The van der Waals surface area contributed by atoms with E-state index in [9.17, 15) is 5.11 Å². The van der Waals surface area contributed by atoms with Crippen LogP contribution in [0.3, 0.4) is 0 Å². The van der Waals surface area contributed by atoms with Crippen LogP contribution in [-0.2, 0) is 13.1 Å². The van der Waals surface area contributed by atoms with Gasteiger partial charge in [0.2, 0.25) is 11.7 Å². The topological polar surface area (TPSA) is 75.3 Å². The van der Waals surface area contributed by atoms with Gasteiger partial charge in [0.25, 0.3) is 0 Å². The second kappa shape index (κ2) is 7.62. The Morgan fingerprint density at radius 1 is 1.00 bits per heavy atom. The molecule has 2 aromatic heterocycles. The Hall–Kier alpha value is -2.57. The third-order valence-corrected chi connectivity index (χ3v) is 3.39. The van der Waals surface area contributed by atoms with Crippen molar-refractivity contribution in [2.75, 3.05) is 13.2 Å². The molecule has 3 aromatic rings. The van der Waals surface area contributed by atoms with Crippen molar-refractivity contribution in [1.29, 1.82) is 0 Å². The third kappa shape index (κ3) is 4.21. The number of hydrogen-bond acceptors (Lipinski definition) is 6. The highest BCUT2D eigenvalue weighted by Gasteiger charge is 2.13. The van der Waals surface area contributed by atoms with Gasteiger partial charge in [-0.3, -0.25) is 9.88 Å². The van der Waals surface area contributed by atoms with Gasteiger partial charge in [0, 0.05) is 19.3 Å². The molecule has 0 saturated heterocycles. The highest BCUT2D eigenvalue weighted by molar-refractivity contribution is 5.46. The van der Waals surface area contributed by atoms with Gasteiger partial charge < -0.3 is 9.63 Å². The summed E-state index contributed by atoms with van der Waals surface area (Å²) in [5, 5.41) is 13.2. The predicted octanol–water partition coefficient (Wildman–Crippen LogP) is 2.13. The zero-order chi connectivity index (χ0) is 15.9. The van der Waals surface area contributed by atoms with Crippen molar-refractivity contribution in [2.24, 2.45) is 0 Å². The Kier molecular flexibility index (Phi) is 5.08. The molecule has 118 valence electrons. The number of nitrogens with zero attached hydrogens (tertiary/aromatic N) is 4. The van der Waals surface area contributed by atoms with Crippen LogP contribution in [0.25, 0.3) is 11.5 Å². The summed E-state index contributed by atoms with van der Waals surface area (Å²) in [6.07, 6.45) is 1.69. The Morgan fingerprint density at radius 3 is 2.57 bits per heavy atom. The molecule has 3 rings (SSSR count). The molecule has 6 heteroatoms. The van der Waals surface area contributed by atoms with Gasteiger partial charge in [-0.05, 0) is 17.7 Å². The van der Waals surface area contributed by atoms with Crippen LogP contribution in [0.1, 0.15) is 11.5 Å². The maximum atomic E-state index is 9.26. The van der Waals surface area contributed by atoms with Gasteiger partial charge in [0.1, 0.15) is 5.69 Å². The Balaban J connectivity index is 1.69. The van der Waals surface area contributed by atoms with E-state index in [2.05, 4.69) is 32.2 Å². The Morgan fingerprint density at radius 2 is 1.83 bits per heavy atom. The van der Waals surface area contributed by atoms with Gasteiger partial charge in [0.15, 0.2) is 0 Å². The highest BCUT2D eigenvalue weighted by Crippen LogP contribution is 2.14. The molecule has 0 fully saturated rings. The largest absolute Gasteiger partial charge is 0.395 e. The van der Waals surface area contributed by atoms with Crippen molar-refractivity contribution < 1.29 is 9.63 Å². The molecule has 23 heavy (non-hydrogen) atoms. The molecule has 6 nitrogen and oxygen atoms in total. The first-order valence-corrected chi connectivity index (χ1v) is 7.46. The molecule has 0 aliphatic carbocycles. The van der Waals surface area contributed by atoms with E-state index in [0.717, 1.165) is 0 Å². The van der Waals surface area contributed by atoms with E-state index in [1.165, 1.54) is 5.56 Å². The van der Waals surface area contributed by atoms with Crippen LogP contribution < -0.4 is 0 Å². The zero-order valence-corrected chi connectivity index (χ0v) is 12.7. The van der Waals surface area contributed by atoms with Gasteiger partial charge >= 0.3 is 0 Å². The number of aromatic nitrogens is 3. The van der Waals surface area contributed by atoms with Gasteiger partial charge in [-0.2, -0.15) is 4.98 Å². The minimum atomic E-state index is 0.0774. The lowest BCUT2D eigenvalue weighted by molar-refractivity contribution is 0.167. The summed E-state index contributed by atoms with van der Waals surface area (Å²) in [5.41, 5.74) is 1.85. The van der Waals surface area contributed by atoms with Crippen LogP contribution >= 0.6 is 0 Å². The molecular weight excluding hydrogens is 292 g/mol. The molecular formula is C17H18N4O2. The monoisotopic (exact) mass is 310 g/mol. The summed E-state index contributed by atoms with van der Waals surface area (Å²) < 4.78 is 5.31. The molecule has 0 unspecified atom stereocenters. The van der Waals surface area contributed by atoms with Crippen molar-refractivity contribution in [2.45, 2.75) is 13.1 Å². The van der Waals surface area contributed by atoms with Crippen LogP contribution in [0.2, 0.25) is 0 Å². The minimum Gasteiger partial charge on any atom is -0.395 e. The minimum absolute atomic E-state index is 0.0774. The van der Waals surface area contributed by atoms with E-state index in [4.69, 9.17) is 4.52 Å². The van der Waals surface area contributed by atoms with E-state index in [-0.39, 0.29) is 6.61 Å². The normalized spacial score (nSPS) is 11.0. The molecule has 0 aliphatic heterocycles. The Bertz CT molecular complexity index is 716.